The third kappa shape index (κ3) is 3.73. The van der Waals surface area contributed by atoms with E-state index in [-0.39, 0.29) is 17.0 Å². The number of aryl methyl sites for hydroxylation is 2. The van der Waals surface area contributed by atoms with Crippen LogP contribution in [0.3, 0.4) is 0 Å². The van der Waals surface area contributed by atoms with Gasteiger partial charge in [0.15, 0.2) is 6.04 Å². The fraction of sp³-hybridized carbons (Fsp3) is 0.267. The highest BCUT2D eigenvalue weighted by Crippen LogP contribution is 2.31. The van der Waals surface area contributed by atoms with Crippen LogP contribution in [0.15, 0.2) is 30.6 Å². The SMILES string of the molecule is Cc1cc(C(=O)O)cc(C(=O)NC(c2nccn2C)C(F)(F)F)c1. The van der Waals surface area contributed by atoms with Crippen molar-refractivity contribution in [2.45, 2.75) is 19.1 Å². The van der Waals surface area contributed by atoms with Gasteiger partial charge in [0.1, 0.15) is 5.82 Å². The van der Waals surface area contributed by atoms with Crippen LogP contribution in [-0.4, -0.2) is 32.7 Å². The van der Waals surface area contributed by atoms with Gasteiger partial charge in [-0.2, -0.15) is 13.2 Å². The van der Waals surface area contributed by atoms with Crippen molar-refractivity contribution in [1.82, 2.24) is 14.9 Å². The second kappa shape index (κ2) is 6.34. The highest BCUT2D eigenvalue weighted by molar-refractivity contribution is 5.98. The van der Waals surface area contributed by atoms with Gasteiger partial charge in [-0.1, -0.05) is 0 Å². The maximum Gasteiger partial charge on any atom is 0.415 e. The van der Waals surface area contributed by atoms with Gasteiger partial charge in [0.05, 0.1) is 5.56 Å². The summed E-state index contributed by atoms with van der Waals surface area (Å²) in [6, 6.07) is 1.35. The molecule has 0 fully saturated rings. The molecule has 0 aliphatic heterocycles. The summed E-state index contributed by atoms with van der Waals surface area (Å²) >= 11 is 0. The smallest absolute Gasteiger partial charge is 0.415 e. The molecule has 9 heteroatoms. The number of hydrogen-bond donors (Lipinski definition) is 2. The number of nitrogens with one attached hydrogen (secondary N) is 1. The van der Waals surface area contributed by atoms with E-state index >= 15 is 0 Å². The van der Waals surface area contributed by atoms with Gasteiger partial charge in [0.25, 0.3) is 5.91 Å². The first-order valence-electron chi connectivity index (χ1n) is 6.79. The average molecular weight is 341 g/mol. The number of aromatic carboxylic acids is 1. The van der Waals surface area contributed by atoms with E-state index in [9.17, 15) is 22.8 Å². The van der Waals surface area contributed by atoms with Crippen molar-refractivity contribution < 1.29 is 27.9 Å². The molecule has 6 nitrogen and oxygen atoms in total. The number of aromatic nitrogens is 2. The van der Waals surface area contributed by atoms with Crippen molar-refractivity contribution in [2.24, 2.45) is 7.05 Å². The summed E-state index contributed by atoms with van der Waals surface area (Å²) in [5, 5.41) is 10.9. The number of carbonyl (C=O) groups excluding carboxylic acids is 1. The van der Waals surface area contributed by atoms with E-state index in [1.165, 1.54) is 31.6 Å². The monoisotopic (exact) mass is 341 g/mol. The fourth-order valence-electron chi connectivity index (χ4n) is 2.20. The Bertz CT molecular complexity index is 784. The van der Waals surface area contributed by atoms with Crippen LogP contribution in [0.5, 0.6) is 0 Å². The van der Waals surface area contributed by atoms with E-state index < -0.39 is 24.1 Å². The summed E-state index contributed by atoms with van der Waals surface area (Å²) in [5.41, 5.74) is 0.0946. The van der Waals surface area contributed by atoms with Crippen molar-refractivity contribution >= 4 is 11.9 Å². The zero-order valence-corrected chi connectivity index (χ0v) is 12.8. The Labute approximate surface area is 134 Å². The van der Waals surface area contributed by atoms with Crippen LogP contribution in [0.1, 0.15) is 38.1 Å². The standard InChI is InChI=1S/C15H14F3N3O3/c1-8-5-9(7-10(6-8)14(23)24)13(22)20-11(15(16,17)18)12-19-3-4-21(12)2/h3-7,11H,1-2H3,(H,20,22)(H,23,24). The molecule has 0 aliphatic carbocycles. The molecule has 1 aromatic heterocycles. The van der Waals surface area contributed by atoms with Gasteiger partial charge in [0, 0.05) is 25.0 Å². The highest BCUT2D eigenvalue weighted by atomic mass is 19.4. The molecule has 2 aromatic rings. The number of amides is 1. The van der Waals surface area contributed by atoms with Gasteiger partial charge in [-0.25, -0.2) is 9.78 Å². The number of carbonyl (C=O) groups is 2. The number of alkyl halides is 3. The lowest BCUT2D eigenvalue weighted by atomic mass is 10.1. The third-order valence-electron chi connectivity index (χ3n) is 3.31. The molecule has 1 atom stereocenters. The summed E-state index contributed by atoms with van der Waals surface area (Å²) in [4.78, 5) is 26.8. The summed E-state index contributed by atoms with van der Waals surface area (Å²) < 4.78 is 40.9. The number of carboxylic acids is 1. The van der Waals surface area contributed by atoms with Crippen molar-refractivity contribution in [3.63, 3.8) is 0 Å². The zero-order valence-electron chi connectivity index (χ0n) is 12.8. The second-order valence-electron chi connectivity index (χ2n) is 5.24. The minimum absolute atomic E-state index is 0.171. The Balaban J connectivity index is 2.35. The van der Waals surface area contributed by atoms with Crippen molar-refractivity contribution in [2.75, 3.05) is 0 Å². The lowest BCUT2D eigenvalue weighted by molar-refractivity contribution is -0.157. The van der Waals surface area contributed by atoms with Crippen LogP contribution >= 0.6 is 0 Å². The summed E-state index contributed by atoms with van der Waals surface area (Å²) in [6.45, 7) is 1.54. The molecule has 2 rings (SSSR count). The van der Waals surface area contributed by atoms with Crippen molar-refractivity contribution in [3.8, 4) is 0 Å². The quantitative estimate of drug-likeness (QED) is 0.895. The molecule has 0 spiro atoms. The first-order valence-corrected chi connectivity index (χ1v) is 6.79. The summed E-state index contributed by atoms with van der Waals surface area (Å²) in [6.07, 6.45) is -2.24. The molecule has 0 bridgehead atoms. The van der Waals surface area contributed by atoms with Crippen LogP contribution in [0.2, 0.25) is 0 Å². The predicted molar refractivity (Wildman–Crippen MR) is 77.6 cm³/mol. The molecule has 1 unspecified atom stereocenters. The Hall–Kier alpha value is -2.84. The highest BCUT2D eigenvalue weighted by Gasteiger charge is 2.44. The van der Waals surface area contributed by atoms with Gasteiger partial charge in [0.2, 0.25) is 0 Å². The molecule has 0 aliphatic rings. The summed E-state index contributed by atoms with van der Waals surface area (Å²) in [5.74, 6) is -2.68. The van der Waals surface area contributed by atoms with Gasteiger partial charge in [-0.05, 0) is 30.7 Å². The molecule has 2 N–H and O–H groups in total. The maximum absolute atomic E-state index is 13.3. The van der Waals surface area contributed by atoms with Gasteiger partial charge in [-0.15, -0.1) is 0 Å². The van der Waals surface area contributed by atoms with E-state index in [2.05, 4.69) is 4.98 Å². The van der Waals surface area contributed by atoms with Crippen molar-refractivity contribution in [1.29, 1.82) is 0 Å². The maximum atomic E-state index is 13.3. The molecule has 1 amide bonds. The van der Waals surface area contributed by atoms with Crippen LogP contribution < -0.4 is 5.32 Å². The molecule has 0 saturated carbocycles. The second-order valence-corrected chi connectivity index (χ2v) is 5.24. The molecule has 128 valence electrons. The number of carboxylic acid groups (broad SMARTS) is 1. The van der Waals surface area contributed by atoms with Gasteiger partial charge < -0.3 is 15.0 Å². The molecular formula is C15H14F3N3O3. The first kappa shape index (κ1) is 17.5. The number of rotatable bonds is 4. The van der Waals surface area contributed by atoms with Gasteiger partial charge in [-0.3, -0.25) is 4.79 Å². The van der Waals surface area contributed by atoms with E-state index in [0.29, 0.717) is 5.56 Å². The van der Waals surface area contributed by atoms with Crippen molar-refractivity contribution in [3.05, 3.63) is 53.1 Å². The normalized spacial score (nSPS) is 12.7. The van der Waals surface area contributed by atoms with E-state index in [1.54, 1.807) is 6.92 Å². The lowest BCUT2D eigenvalue weighted by Gasteiger charge is -2.21. The average Bonchev–Trinajstić information content (AvgIpc) is 2.88. The molecule has 1 aromatic carbocycles. The minimum atomic E-state index is -4.76. The number of benzene rings is 1. The van der Waals surface area contributed by atoms with Crippen LogP contribution in [0, 0.1) is 6.92 Å². The Morgan fingerprint density at radius 2 is 1.88 bits per heavy atom. The molecule has 1 heterocycles. The van der Waals surface area contributed by atoms with E-state index in [4.69, 9.17) is 5.11 Å². The van der Waals surface area contributed by atoms with Crippen LogP contribution in [-0.2, 0) is 7.05 Å². The molecular weight excluding hydrogens is 327 g/mol. The number of halogens is 3. The Morgan fingerprint density at radius 3 is 2.38 bits per heavy atom. The molecule has 24 heavy (non-hydrogen) atoms. The number of nitrogens with zero attached hydrogens (tertiary/aromatic N) is 2. The van der Waals surface area contributed by atoms with Crippen LogP contribution in [0.4, 0.5) is 13.2 Å². The predicted octanol–water partition coefficient (Wildman–Crippen LogP) is 2.46. The zero-order chi connectivity index (χ0) is 18.1. The number of hydrogen-bond acceptors (Lipinski definition) is 3. The van der Waals surface area contributed by atoms with Gasteiger partial charge >= 0.3 is 12.1 Å². The fourth-order valence-corrected chi connectivity index (χ4v) is 2.20. The summed E-state index contributed by atoms with van der Waals surface area (Å²) in [7, 11) is 1.38. The molecule has 0 saturated heterocycles. The minimum Gasteiger partial charge on any atom is -0.478 e. The lowest BCUT2D eigenvalue weighted by Crippen LogP contribution is -2.39. The largest absolute Gasteiger partial charge is 0.478 e. The first-order chi connectivity index (χ1) is 11.1. The topological polar surface area (TPSA) is 84.2 Å². The van der Waals surface area contributed by atoms with Crippen LogP contribution in [0.25, 0.3) is 0 Å². The third-order valence-corrected chi connectivity index (χ3v) is 3.31. The number of imidazole rings is 1. The molecule has 0 radical (unpaired) electrons. The van der Waals surface area contributed by atoms with E-state index in [1.807, 2.05) is 5.32 Å². The Morgan fingerprint density at radius 1 is 1.25 bits per heavy atom. The van der Waals surface area contributed by atoms with E-state index in [0.717, 1.165) is 10.6 Å². The Kier molecular flexibility index (Phi) is 4.63.